The van der Waals surface area contributed by atoms with Crippen LogP contribution in [0.2, 0.25) is 0 Å². The second-order valence-corrected chi connectivity index (χ2v) is 10.1. The minimum Gasteiger partial charge on any atom is -0.481 e. The fourth-order valence-electron chi connectivity index (χ4n) is 4.84. The van der Waals surface area contributed by atoms with Gasteiger partial charge in [0.15, 0.2) is 0 Å². The molecular weight excluding hydrogens is 434 g/mol. The maximum absolute atomic E-state index is 10.5. The quantitative estimate of drug-likeness (QED) is 0.170. The molecule has 0 fully saturated rings. The molecule has 196 valence electrons. The van der Waals surface area contributed by atoms with Crippen LogP contribution < -0.4 is 0 Å². The molecule has 1 heterocycles. The summed E-state index contributed by atoms with van der Waals surface area (Å²) in [6.07, 6.45) is 24.8. The van der Waals surface area contributed by atoms with Crippen molar-refractivity contribution in [1.82, 2.24) is 15.0 Å². The molecule has 5 heteroatoms. The molecule has 0 bridgehead atoms. The van der Waals surface area contributed by atoms with E-state index in [-0.39, 0.29) is 0 Å². The van der Waals surface area contributed by atoms with Crippen LogP contribution in [0.3, 0.4) is 0 Å². The van der Waals surface area contributed by atoms with Gasteiger partial charge in [0.25, 0.3) is 0 Å². The Labute approximate surface area is 213 Å². The molecule has 0 aliphatic heterocycles. The van der Waals surface area contributed by atoms with Crippen LogP contribution in [0.15, 0.2) is 30.3 Å². The van der Waals surface area contributed by atoms with Crippen molar-refractivity contribution in [2.24, 2.45) is 0 Å². The Bertz CT molecular complexity index is 788. The van der Waals surface area contributed by atoms with E-state index in [9.17, 15) is 4.79 Å². The standard InChI is InChI=1S/C30H49N3O2/c1-27-29(33(32-31-27)28-23-19-18-20-24-28)25-21-16-14-12-10-8-6-4-2-3-5-7-9-11-13-15-17-22-26-30(34)35/h18-20,23-24H,2-17,21-22,25-26H2,1H3,(H,34,35). The van der Waals surface area contributed by atoms with Gasteiger partial charge < -0.3 is 5.11 Å². The van der Waals surface area contributed by atoms with Gasteiger partial charge in [-0.3, -0.25) is 4.79 Å². The third kappa shape index (κ3) is 13.5. The molecule has 0 radical (unpaired) electrons. The molecule has 2 aromatic rings. The van der Waals surface area contributed by atoms with Crippen LogP contribution in [-0.2, 0) is 11.2 Å². The Kier molecular flexibility index (Phi) is 15.8. The highest BCUT2D eigenvalue weighted by molar-refractivity contribution is 5.66. The van der Waals surface area contributed by atoms with Crippen LogP contribution in [0.5, 0.6) is 0 Å². The molecule has 0 amide bonds. The Hall–Kier alpha value is -2.17. The highest BCUT2D eigenvalue weighted by Gasteiger charge is 2.10. The number of rotatable bonds is 22. The molecule has 0 aliphatic rings. The van der Waals surface area contributed by atoms with E-state index < -0.39 is 5.97 Å². The van der Waals surface area contributed by atoms with Gasteiger partial charge >= 0.3 is 5.97 Å². The maximum atomic E-state index is 10.5. The number of carboxylic acids is 1. The number of para-hydroxylation sites is 1. The Morgan fingerprint density at radius 3 is 1.57 bits per heavy atom. The van der Waals surface area contributed by atoms with E-state index in [0.717, 1.165) is 30.6 Å². The van der Waals surface area contributed by atoms with E-state index >= 15 is 0 Å². The van der Waals surface area contributed by atoms with Crippen LogP contribution in [0, 0.1) is 6.92 Å². The molecule has 0 spiro atoms. The van der Waals surface area contributed by atoms with Gasteiger partial charge in [-0.1, -0.05) is 126 Å². The first-order valence-electron chi connectivity index (χ1n) is 14.4. The van der Waals surface area contributed by atoms with Crippen LogP contribution in [-0.4, -0.2) is 26.1 Å². The van der Waals surface area contributed by atoms with Gasteiger partial charge in [-0.05, 0) is 38.3 Å². The average Bonchev–Trinajstić information content (AvgIpc) is 3.23. The van der Waals surface area contributed by atoms with Gasteiger partial charge in [0.05, 0.1) is 17.1 Å². The summed E-state index contributed by atoms with van der Waals surface area (Å²) in [5, 5.41) is 17.3. The highest BCUT2D eigenvalue weighted by Crippen LogP contribution is 2.17. The normalized spacial score (nSPS) is 11.2. The van der Waals surface area contributed by atoms with Gasteiger partial charge in [-0.25, -0.2) is 4.68 Å². The second-order valence-electron chi connectivity index (χ2n) is 10.1. The molecule has 1 aromatic carbocycles. The first kappa shape index (κ1) is 29.1. The number of benzene rings is 1. The first-order chi connectivity index (χ1) is 17.2. The highest BCUT2D eigenvalue weighted by atomic mass is 16.4. The number of hydrogen-bond donors (Lipinski definition) is 1. The van der Waals surface area contributed by atoms with Crippen molar-refractivity contribution in [2.45, 2.75) is 135 Å². The monoisotopic (exact) mass is 483 g/mol. The number of aliphatic carboxylic acids is 1. The van der Waals surface area contributed by atoms with E-state index in [2.05, 4.69) is 41.5 Å². The minimum atomic E-state index is -0.659. The lowest BCUT2D eigenvalue weighted by atomic mass is 10.0. The van der Waals surface area contributed by atoms with E-state index in [0.29, 0.717) is 6.42 Å². The van der Waals surface area contributed by atoms with Crippen molar-refractivity contribution < 1.29 is 9.90 Å². The fourth-order valence-corrected chi connectivity index (χ4v) is 4.84. The van der Waals surface area contributed by atoms with Crippen LogP contribution >= 0.6 is 0 Å². The van der Waals surface area contributed by atoms with Crippen molar-refractivity contribution in [3.63, 3.8) is 0 Å². The Balaban J connectivity index is 1.33. The number of nitrogens with zero attached hydrogens (tertiary/aromatic N) is 3. The van der Waals surface area contributed by atoms with E-state index in [1.54, 1.807) is 0 Å². The number of unbranched alkanes of at least 4 members (excludes halogenated alkanes) is 17. The summed E-state index contributed by atoms with van der Waals surface area (Å²) in [4.78, 5) is 10.5. The summed E-state index contributed by atoms with van der Waals surface area (Å²) in [5.41, 5.74) is 3.41. The molecule has 1 N–H and O–H groups in total. The Morgan fingerprint density at radius 2 is 1.11 bits per heavy atom. The lowest BCUT2D eigenvalue weighted by Crippen LogP contribution is -2.03. The van der Waals surface area contributed by atoms with Gasteiger partial charge in [0, 0.05) is 6.42 Å². The van der Waals surface area contributed by atoms with Gasteiger partial charge in [0.2, 0.25) is 0 Å². The maximum Gasteiger partial charge on any atom is 0.303 e. The zero-order valence-electron chi connectivity index (χ0n) is 22.2. The fraction of sp³-hybridized carbons (Fsp3) is 0.700. The van der Waals surface area contributed by atoms with Crippen LogP contribution in [0.1, 0.15) is 133 Å². The molecule has 0 saturated carbocycles. The van der Waals surface area contributed by atoms with E-state index in [4.69, 9.17) is 5.11 Å². The molecule has 1 aromatic heterocycles. The lowest BCUT2D eigenvalue weighted by Gasteiger charge is -2.07. The van der Waals surface area contributed by atoms with Gasteiger partial charge in [-0.2, -0.15) is 0 Å². The van der Waals surface area contributed by atoms with Crippen LogP contribution in [0.25, 0.3) is 5.69 Å². The molecule has 0 atom stereocenters. The summed E-state index contributed by atoms with van der Waals surface area (Å²) in [6, 6.07) is 10.3. The van der Waals surface area contributed by atoms with E-state index in [1.807, 2.05) is 10.7 Å². The summed E-state index contributed by atoms with van der Waals surface area (Å²) in [5.74, 6) is -0.659. The third-order valence-electron chi connectivity index (χ3n) is 7.01. The predicted octanol–water partition coefficient (Wildman–Crippen LogP) is 8.61. The Morgan fingerprint density at radius 1 is 0.686 bits per heavy atom. The predicted molar refractivity (Wildman–Crippen MR) is 145 cm³/mol. The topological polar surface area (TPSA) is 68.0 Å². The van der Waals surface area contributed by atoms with Crippen molar-refractivity contribution in [2.75, 3.05) is 0 Å². The average molecular weight is 484 g/mol. The number of aryl methyl sites for hydroxylation is 1. The number of hydrogen-bond acceptors (Lipinski definition) is 3. The SMILES string of the molecule is Cc1nnn(-c2ccccc2)c1CCCCCCCCCCCCCCCCCCCCC(=O)O. The summed E-state index contributed by atoms with van der Waals surface area (Å²) in [7, 11) is 0. The van der Waals surface area contributed by atoms with Crippen molar-refractivity contribution >= 4 is 5.97 Å². The number of carboxylic acid groups (broad SMARTS) is 1. The summed E-state index contributed by atoms with van der Waals surface area (Å²) in [6.45, 7) is 2.07. The molecule has 0 aliphatic carbocycles. The molecule has 0 saturated heterocycles. The molecule has 2 rings (SSSR count). The van der Waals surface area contributed by atoms with Gasteiger partial charge in [0.1, 0.15) is 0 Å². The smallest absolute Gasteiger partial charge is 0.303 e. The van der Waals surface area contributed by atoms with Gasteiger partial charge in [-0.15, -0.1) is 5.10 Å². The third-order valence-corrected chi connectivity index (χ3v) is 7.01. The first-order valence-corrected chi connectivity index (χ1v) is 14.4. The van der Waals surface area contributed by atoms with Crippen molar-refractivity contribution in [3.8, 4) is 5.69 Å². The number of carbonyl (C=O) groups is 1. The second kappa shape index (κ2) is 19.1. The molecular formula is C30H49N3O2. The molecule has 5 nitrogen and oxygen atoms in total. The lowest BCUT2D eigenvalue weighted by molar-refractivity contribution is -0.137. The molecule has 0 unspecified atom stereocenters. The molecule has 35 heavy (non-hydrogen) atoms. The van der Waals surface area contributed by atoms with Crippen molar-refractivity contribution in [3.05, 3.63) is 41.7 Å². The van der Waals surface area contributed by atoms with Crippen LogP contribution in [0.4, 0.5) is 0 Å². The zero-order chi connectivity index (χ0) is 25.0. The van der Waals surface area contributed by atoms with Crippen molar-refractivity contribution in [1.29, 1.82) is 0 Å². The zero-order valence-corrected chi connectivity index (χ0v) is 22.2. The number of aromatic nitrogens is 3. The van der Waals surface area contributed by atoms with E-state index in [1.165, 1.54) is 108 Å². The summed E-state index contributed by atoms with van der Waals surface area (Å²) >= 11 is 0. The summed E-state index contributed by atoms with van der Waals surface area (Å²) < 4.78 is 2.00. The minimum absolute atomic E-state index is 0.334. The largest absolute Gasteiger partial charge is 0.481 e.